The summed E-state index contributed by atoms with van der Waals surface area (Å²) < 4.78 is 6.76. The van der Waals surface area contributed by atoms with Crippen LogP contribution in [0.15, 0.2) is 29.3 Å². The molecule has 2 saturated heterocycles. The van der Waals surface area contributed by atoms with Crippen LogP contribution in [0.2, 0.25) is 0 Å². The molecular weight excluding hydrogens is 484 g/mol. The minimum Gasteiger partial charge on any atom is -0.507 e. The Labute approximate surface area is 235 Å². The molecule has 13 unspecified atom stereocenters. The number of hydrogen-bond donors (Lipinski definition) is 3. The highest BCUT2D eigenvalue weighted by Crippen LogP contribution is 2.70. The lowest BCUT2D eigenvalue weighted by Gasteiger charge is -2.62. The summed E-state index contributed by atoms with van der Waals surface area (Å²) in [6, 6.07) is 7.95. The van der Waals surface area contributed by atoms with Gasteiger partial charge in [-0.1, -0.05) is 39.8 Å². The maximum atomic E-state index is 11.7. The number of nitrogens with one attached hydrogen (secondary N) is 1. The lowest BCUT2D eigenvalue weighted by Crippen LogP contribution is -2.68. The summed E-state index contributed by atoms with van der Waals surface area (Å²) in [5.41, 5.74) is 1.56. The third-order valence-corrected chi connectivity index (χ3v) is 13.3. The van der Waals surface area contributed by atoms with Crippen molar-refractivity contribution < 1.29 is 14.9 Å². The normalized spacial score (nSPS) is 52.8. The van der Waals surface area contributed by atoms with Gasteiger partial charge in [-0.25, -0.2) is 0 Å². The summed E-state index contributed by atoms with van der Waals surface area (Å²) in [4.78, 5) is 4.98. The Morgan fingerprint density at radius 1 is 1.00 bits per heavy atom. The van der Waals surface area contributed by atoms with Crippen molar-refractivity contribution in [3.05, 3.63) is 29.8 Å². The smallest absolute Gasteiger partial charge is 0.181 e. The molecule has 13 atom stereocenters. The van der Waals surface area contributed by atoms with Crippen LogP contribution in [0.1, 0.15) is 91.0 Å². The number of benzene rings is 1. The first kappa shape index (κ1) is 26.5. The number of aliphatic hydroxyl groups is 1. The van der Waals surface area contributed by atoms with Gasteiger partial charge in [0.1, 0.15) is 5.75 Å². The molecule has 1 aromatic rings. The standard InChI is InChI=1S/C34H50N2O3/c1-20-17-34(38)31(36-18-20)21(2)30-29(39-34)16-27-25-10-9-23-15-24(35-19-22-7-5-6-8-28(22)37)11-13-32(23,3)26(25)12-14-33(27,30)4/h5-8,19-21,23-27,29-31,36-38H,9-18H2,1-4H3. The van der Waals surface area contributed by atoms with Crippen LogP contribution in [0.4, 0.5) is 0 Å². The zero-order chi connectivity index (χ0) is 27.2. The lowest BCUT2D eigenvalue weighted by atomic mass is 9.44. The van der Waals surface area contributed by atoms with Crippen LogP contribution in [-0.4, -0.2) is 46.9 Å². The first-order chi connectivity index (χ1) is 18.6. The van der Waals surface area contributed by atoms with Gasteiger partial charge in [0.05, 0.1) is 18.2 Å². The van der Waals surface area contributed by atoms with E-state index < -0.39 is 5.79 Å². The molecule has 6 fully saturated rings. The van der Waals surface area contributed by atoms with Crippen molar-refractivity contribution in [1.82, 2.24) is 5.32 Å². The molecule has 0 aromatic heterocycles. The van der Waals surface area contributed by atoms with E-state index >= 15 is 0 Å². The fraction of sp³-hybridized carbons (Fsp3) is 0.794. The molecule has 5 nitrogen and oxygen atoms in total. The highest BCUT2D eigenvalue weighted by atomic mass is 16.6. The van der Waals surface area contributed by atoms with Crippen molar-refractivity contribution in [2.45, 2.75) is 109 Å². The molecule has 214 valence electrons. The number of fused-ring (bicyclic) bond motifs is 8. The van der Waals surface area contributed by atoms with Crippen LogP contribution in [0, 0.1) is 52.3 Å². The molecule has 0 bridgehead atoms. The van der Waals surface area contributed by atoms with E-state index in [1.54, 1.807) is 6.07 Å². The molecule has 4 saturated carbocycles. The van der Waals surface area contributed by atoms with Crippen LogP contribution < -0.4 is 5.32 Å². The van der Waals surface area contributed by atoms with Gasteiger partial charge in [-0.2, -0.15) is 0 Å². The number of ether oxygens (including phenoxy) is 1. The summed E-state index contributed by atoms with van der Waals surface area (Å²) in [6.45, 7) is 10.9. The van der Waals surface area contributed by atoms with Crippen LogP contribution in [0.5, 0.6) is 5.75 Å². The molecule has 39 heavy (non-hydrogen) atoms. The zero-order valence-corrected chi connectivity index (χ0v) is 24.5. The Morgan fingerprint density at radius 2 is 1.79 bits per heavy atom. The van der Waals surface area contributed by atoms with E-state index in [9.17, 15) is 10.2 Å². The van der Waals surface area contributed by atoms with Gasteiger partial charge in [0.25, 0.3) is 0 Å². The summed E-state index contributed by atoms with van der Waals surface area (Å²) >= 11 is 0. The largest absolute Gasteiger partial charge is 0.507 e. The summed E-state index contributed by atoms with van der Waals surface area (Å²) in [5, 5.41) is 25.5. The first-order valence-electron chi connectivity index (χ1n) is 16.1. The van der Waals surface area contributed by atoms with E-state index in [0.29, 0.717) is 46.3 Å². The van der Waals surface area contributed by atoms with Gasteiger partial charge >= 0.3 is 0 Å². The van der Waals surface area contributed by atoms with E-state index in [0.717, 1.165) is 49.1 Å². The summed E-state index contributed by atoms with van der Waals surface area (Å²) in [5.74, 6) is 3.80. The number of piperidine rings is 1. The fourth-order valence-electron chi connectivity index (χ4n) is 11.6. The van der Waals surface area contributed by atoms with E-state index in [1.807, 2.05) is 24.4 Å². The van der Waals surface area contributed by atoms with Gasteiger partial charge in [-0.15, -0.1) is 0 Å². The highest BCUT2D eigenvalue weighted by Gasteiger charge is 2.67. The molecule has 2 heterocycles. The lowest BCUT2D eigenvalue weighted by molar-refractivity contribution is -0.310. The molecule has 5 heteroatoms. The predicted octanol–water partition coefficient (Wildman–Crippen LogP) is 6.17. The molecular formula is C34H50N2O3. The average molecular weight is 535 g/mol. The first-order valence-corrected chi connectivity index (χ1v) is 16.1. The van der Waals surface area contributed by atoms with Crippen molar-refractivity contribution in [2.24, 2.45) is 57.2 Å². The molecule has 3 N–H and O–H groups in total. The average Bonchev–Trinajstić information content (AvgIpc) is 3.19. The SMILES string of the molecule is CC1CNC2C(C)C3C(CC4C5CCC6CC(N=Cc7ccccc7O)CCC6(C)C5CCC43C)OC2(O)C1. The van der Waals surface area contributed by atoms with Crippen molar-refractivity contribution in [1.29, 1.82) is 0 Å². The summed E-state index contributed by atoms with van der Waals surface area (Å²) in [6.07, 6.45) is 13.0. The van der Waals surface area contributed by atoms with E-state index in [4.69, 9.17) is 9.73 Å². The Kier molecular flexibility index (Phi) is 6.31. The Bertz CT molecular complexity index is 1120. The second-order valence-corrected chi connectivity index (χ2v) is 15.3. The van der Waals surface area contributed by atoms with Crippen molar-refractivity contribution in [3.63, 3.8) is 0 Å². The monoisotopic (exact) mass is 534 g/mol. The molecule has 2 aliphatic heterocycles. The van der Waals surface area contributed by atoms with Crippen molar-refractivity contribution in [3.8, 4) is 5.75 Å². The molecule has 7 rings (SSSR count). The van der Waals surface area contributed by atoms with Crippen LogP contribution >= 0.6 is 0 Å². The third kappa shape index (κ3) is 4.00. The van der Waals surface area contributed by atoms with E-state index in [2.05, 4.69) is 33.0 Å². The van der Waals surface area contributed by atoms with Gasteiger partial charge in [0.15, 0.2) is 5.79 Å². The molecule has 0 amide bonds. The number of aromatic hydroxyl groups is 1. The number of nitrogens with zero attached hydrogens (tertiary/aromatic N) is 1. The second-order valence-electron chi connectivity index (χ2n) is 15.3. The Hall–Kier alpha value is -1.43. The van der Waals surface area contributed by atoms with Crippen LogP contribution in [0.3, 0.4) is 0 Å². The quantitative estimate of drug-likeness (QED) is 0.397. The highest BCUT2D eigenvalue weighted by molar-refractivity contribution is 5.83. The van der Waals surface area contributed by atoms with Gasteiger partial charge in [0.2, 0.25) is 0 Å². The zero-order valence-electron chi connectivity index (χ0n) is 24.5. The topological polar surface area (TPSA) is 74.1 Å². The number of para-hydroxylation sites is 1. The predicted molar refractivity (Wildman–Crippen MR) is 155 cm³/mol. The fourth-order valence-corrected chi connectivity index (χ4v) is 11.6. The molecule has 0 spiro atoms. The van der Waals surface area contributed by atoms with Crippen LogP contribution in [0.25, 0.3) is 0 Å². The van der Waals surface area contributed by atoms with E-state index in [1.165, 1.54) is 38.5 Å². The minimum absolute atomic E-state index is 0.0603. The Morgan fingerprint density at radius 3 is 2.62 bits per heavy atom. The Balaban J connectivity index is 1.09. The number of phenolic OH excluding ortho intramolecular Hbond substituents is 1. The van der Waals surface area contributed by atoms with Crippen molar-refractivity contribution >= 4 is 6.21 Å². The molecule has 4 aliphatic carbocycles. The minimum atomic E-state index is -0.999. The van der Waals surface area contributed by atoms with Gasteiger partial charge < -0.3 is 20.3 Å². The number of hydrogen-bond acceptors (Lipinski definition) is 5. The van der Waals surface area contributed by atoms with E-state index in [-0.39, 0.29) is 12.1 Å². The number of rotatable bonds is 2. The molecule has 1 aromatic carbocycles. The molecule has 6 aliphatic rings. The number of phenols is 1. The van der Waals surface area contributed by atoms with Gasteiger partial charge in [0, 0.05) is 18.2 Å². The van der Waals surface area contributed by atoms with Crippen LogP contribution in [-0.2, 0) is 4.74 Å². The van der Waals surface area contributed by atoms with Crippen molar-refractivity contribution in [2.75, 3.05) is 6.54 Å². The maximum Gasteiger partial charge on any atom is 0.181 e. The number of aliphatic imine (C=N–C) groups is 1. The second kappa shape index (κ2) is 9.29. The molecule has 0 radical (unpaired) electrons. The maximum absolute atomic E-state index is 11.7. The van der Waals surface area contributed by atoms with Gasteiger partial charge in [-0.3, -0.25) is 4.99 Å². The summed E-state index contributed by atoms with van der Waals surface area (Å²) in [7, 11) is 0. The van der Waals surface area contributed by atoms with Gasteiger partial charge in [-0.05, 0) is 122 Å². The third-order valence-electron chi connectivity index (χ3n) is 13.3.